The molecule has 2 rings (SSSR count). The highest BCUT2D eigenvalue weighted by Gasteiger charge is 2.30. The lowest BCUT2D eigenvalue weighted by Gasteiger charge is -2.33. The fraction of sp³-hybridized carbons (Fsp3) is 0.562. The SMILES string of the molecule is CC1(C)CCC(C(=O)Cc2ccc(Cl)c(Cl)c2)CC1. The van der Waals surface area contributed by atoms with Crippen LogP contribution in [-0.4, -0.2) is 5.78 Å². The van der Waals surface area contributed by atoms with Crippen LogP contribution in [0.1, 0.15) is 45.1 Å². The maximum Gasteiger partial charge on any atom is 0.140 e. The fourth-order valence-corrected chi connectivity index (χ4v) is 3.04. The van der Waals surface area contributed by atoms with Crippen molar-refractivity contribution >= 4 is 29.0 Å². The Labute approximate surface area is 125 Å². The van der Waals surface area contributed by atoms with Gasteiger partial charge in [-0.3, -0.25) is 4.79 Å². The first kappa shape index (κ1) is 14.9. The molecule has 0 radical (unpaired) electrons. The second kappa shape index (κ2) is 5.85. The minimum absolute atomic E-state index is 0.225. The molecule has 0 bridgehead atoms. The Morgan fingerprint density at radius 1 is 1.21 bits per heavy atom. The molecular formula is C16H20Cl2O. The third-order valence-electron chi connectivity index (χ3n) is 4.16. The molecule has 3 heteroatoms. The number of hydrogen-bond acceptors (Lipinski definition) is 1. The van der Waals surface area contributed by atoms with E-state index in [4.69, 9.17) is 23.2 Å². The summed E-state index contributed by atoms with van der Waals surface area (Å²) in [6.45, 7) is 4.57. The van der Waals surface area contributed by atoms with Crippen molar-refractivity contribution in [3.63, 3.8) is 0 Å². The smallest absolute Gasteiger partial charge is 0.140 e. The molecule has 0 atom stereocenters. The molecule has 0 aromatic heterocycles. The summed E-state index contributed by atoms with van der Waals surface area (Å²) in [7, 11) is 0. The van der Waals surface area contributed by atoms with E-state index in [-0.39, 0.29) is 5.92 Å². The van der Waals surface area contributed by atoms with Crippen molar-refractivity contribution in [3.8, 4) is 0 Å². The van der Waals surface area contributed by atoms with E-state index < -0.39 is 0 Å². The van der Waals surface area contributed by atoms with Gasteiger partial charge in [-0.1, -0.05) is 43.1 Å². The van der Waals surface area contributed by atoms with Gasteiger partial charge in [-0.05, 0) is 48.8 Å². The van der Waals surface area contributed by atoms with E-state index in [0.29, 0.717) is 27.7 Å². The summed E-state index contributed by atoms with van der Waals surface area (Å²) in [4.78, 5) is 12.3. The summed E-state index contributed by atoms with van der Waals surface area (Å²) in [6.07, 6.45) is 4.80. The second-order valence-electron chi connectivity index (χ2n) is 6.33. The molecule has 1 aromatic carbocycles. The van der Waals surface area contributed by atoms with Crippen molar-refractivity contribution in [2.24, 2.45) is 11.3 Å². The summed E-state index contributed by atoms with van der Waals surface area (Å²) in [5.74, 6) is 0.566. The first-order valence-corrected chi connectivity index (χ1v) is 7.60. The lowest BCUT2D eigenvalue weighted by molar-refractivity contribution is -0.123. The number of ketones is 1. The number of benzene rings is 1. The fourth-order valence-electron chi connectivity index (χ4n) is 2.72. The third kappa shape index (κ3) is 3.97. The average Bonchev–Trinajstić information content (AvgIpc) is 2.33. The molecular weight excluding hydrogens is 279 g/mol. The summed E-state index contributed by atoms with van der Waals surface area (Å²) in [6, 6.07) is 5.45. The van der Waals surface area contributed by atoms with Gasteiger partial charge in [-0.25, -0.2) is 0 Å². The highest BCUT2D eigenvalue weighted by molar-refractivity contribution is 6.42. The van der Waals surface area contributed by atoms with Crippen LogP contribution in [-0.2, 0) is 11.2 Å². The van der Waals surface area contributed by atoms with Crippen LogP contribution in [0.5, 0.6) is 0 Å². The van der Waals surface area contributed by atoms with E-state index in [9.17, 15) is 4.79 Å². The number of halogens is 2. The zero-order chi connectivity index (χ0) is 14.0. The normalized spacial score (nSPS) is 19.4. The van der Waals surface area contributed by atoms with Crippen LogP contribution in [0, 0.1) is 11.3 Å². The van der Waals surface area contributed by atoms with Crippen molar-refractivity contribution in [1.29, 1.82) is 0 Å². The molecule has 1 fully saturated rings. The highest BCUT2D eigenvalue weighted by atomic mass is 35.5. The molecule has 0 saturated heterocycles. The van der Waals surface area contributed by atoms with Gasteiger partial charge in [0.2, 0.25) is 0 Å². The van der Waals surface area contributed by atoms with E-state index in [1.54, 1.807) is 12.1 Å². The Morgan fingerprint density at radius 2 is 1.84 bits per heavy atom. The molecule has 0 heterocycles. The summed E-state index contributed by atoms with van der Waals surface area (Å²) in [5, 5.41) is 1.06. The van der Waals surface area contributed by atoms with Gasteiger partial charge < -0.3 is 0 Å². The van der Waals surface area contributed by atoms with Gasteiger partial charge in [-0.15, -0.1) is 0 Å². The van der Waals surface area contributed by atoms with E-state index in [1.165, 1.54) is 0 Å². The predicted molar refractivity (Wildman–Crippen MR) is 80.9 cm³/mol. The van der Waals surface area contributed by atoms with Gasteiger partial charge >= 0.3 is 0 Å². The van der Waals surface area contributed by atoms with Gasteiger partial charge in [0.05, 0.1) is 10.0 Å². The number of carbonyl (C=O) groups is 1. The standard InChI is InChI=1S/C16H20Cl2O/c1-16(2)7-5-12(6-8-16)15(19)10-11-3-4-13(17)14(18)9-11/h3-4,9,12H,5-8,10H2,1-2H3. The first-order valence-electron chi connectivity index (χ1n) is 6.84. The van der Waals surface area contributed by atoms with Crippen LogP contribution < -0.4 is 0 Å². The van der Waals surface area contributed by atoms with Gasteiger partial charge in [0, 0.05) is 12.3 Å². The predicted octanol–water partition coefficient (Wildman–Crippen LogP) is 5.32. The molecule has 0 unspecified atom stereocenters. The number of hydrogen-bond donors (Lipinski definition) is 0. The minimum Gasteiger partial charge on any atom is -0.299 e. The Balaban J connectivity index is 1.96. The van der Waals surface area contributed by atoms with Gasteiger partial charge in [0.1, 0.15) is 5.78 Å². The van der Waals surface area contributed by atoms with Crippen LogP contribution in [0.3, 0.4) is 0 Å². The van der Waals surface area contributed by atoms with E-state index >= 15 is 0 Å². The molecule has 1 saturated carbocycles. The van der Waals surface area contributed by atoms with Gasteiger partial charge in [0.15, 0.2) is 0 Å². The quantitative estimate of drug-likeness (QED) is 0.738. The molecule has 1 aliphatic rings. The van der Waals surface area contributed by atoms with E-state index in [2.05, 4.69) is 13.8 Å². The van der Waals surface area contributed by atoms with Crippen LogP contribution in [0.4, 0.5) is 0 Å². The lowest BCUT2D eigenvalue weighted by atomic mass is 9.71. The molecule has 1 aromatic rings. The molecule has 0 N–H and O–H groups in total. The maximum absolute atomic E-state index is 12.3. The first-order chi connectivity index (χ1) is 8.87. The molecule has 1 nitrogen and oxygen atoms in total. The summed E-state index contributed by atoms with van der Waals surface area (Å²) < 4.78 is 0. The van der Waals surface area contributed by atoms with Gasteiger partial charge in [0.25, 0.3) is 0 Å². The van der Waals surface area contributed by atoms with Crippen LogP contribution in [0.15, 0.2) is 18.2 Å². The maximum atomic E-state index is 12.3. The summed E-state index contributed by atoms with van der Waals surface area (Å²) >= 11 is 11.9. The van der Waals surface area contributed by atoms with Crippen LogP contribution in [0.2, 0.25) is 10.0 Å². The van der Waals surface area contributed by atoms with Crippen LogP contribution in [0.25, 0.3) is 0 Å². The van der Waals surface area contributed by atoms with E-state index in [0.717, 1.165) is 31.2 Å². The van der Waals surface area contributed by atoms with E-state index in [1.807, 2.05) is 6.07 Å². The molecule has 0 amide bonds. The van der Waals surface area contributed by atoms with Crippen molar-refractivity contribution in [2.75, 3.05) is 0 Å². The number of Topliss-reactive ketones (excluding diaryl/α,β-unsaturated/α-hetero) is 1. The zero-order valence-corrected chi connectivity index (χ0v) is 13.0. The average molecular weight is 299 g/mol. The molecule has 19 heavy (non-hydrogen) atoms. The Kier molecular flexibility index (Phi) is 4.58. The topological polar surface area (TPSA) is 17.1 Å². The largest absolute Gasteiger partial charge is 0.299 e. The highest BCUT2D eigenvalue weighted by Crippen LogP contribution is 2.38. The van der Waals surface area contributed by atoms with Crippen LogP contribution >= 0.6 is 23.2 Å². The molecule has 0 spiro atoms. The second-order valence-corrected chi connectivity index (χ2v) is 7.14. The Bertz CT molecular complexity index is 470. The number of carbonyl (C=O) groups excluding carboxylic acids is 1. The minimum atomic E-state index is 0.225. The molecule has 1 aliphatic carbocycles. The molecule has 104 valence electrons. The van der Waals surface area contributed by atoms with Crippen molar-refractivity contribution in [1.82, 2.24) is 0 Å². The summed E-state index contributed by atoms with van der Waals surface area (Å²) in [5.41, 5.74) is 1.37. The monoisotopic (exact) mass is 298 g/mol. The lowest BCUT2D eigenvalue weighted by Crippen LogP contribution is -2.27. The van der Waals surface area contributed by atoms with Crippen molar-refractivity contribution < 1.29 is 4.79 Å². The third-order valence-corrected chi connectivity index (χ3v) is 4.90. The van der Waals surface area contributed by atoms with Crippen molar-refractivity contribution in [3.05, 3.63) is 33.8 Å². The number of rotatable bonds is 3. The zero-order valence-electron chi connectivity index (χ0n) is 11.5. The van der Waals surface area contributed by atoms with Crippen molar-refractivity contribution in [2.45, 2.75) is 46.0 Å². The Hall–Kier alpha value is -0.530. The Morgan fingerprint density at radius 3 is 2.42 bits per heavy atom. The molecule has 0 aliphatic heterocycles. The van der Waals surface area contributed by atoms with Gasteiger partial charge in [-0.2, -0.15) is 0 Å².